The zero-order chi connectivity index (χ0) is 27.4. The highest BCUT2D eigenvalue weighted by molar-refractivity contribution is 7.92. The molecular formula is C28H30ClN3O5S. The van der Waals surface area contributed by atoms with Crippen molar-refractivity contribution in [3.8, 4) is 0 Å². The monoisotopic (exact) mass is 555 g/mol. The highest BCUT2D eigenvalue weighted by Gasteiger charge is 2.31. The molecule has 0 aromatic heterocycles. The lowest BCUT2D eigenvalue weighted by atomic mass is 10.1. The Labute approximate surface area is 227 Å². The predicted molar refractivity (Wildman–Crippen MR) is 148 cm³/mol. The van der Waals surface area contributed by atoms with Crippen LogP contribution in [0, 0.1) is 13.8 Å². The maximum absolute atomic E-state index is 13.6. The molecule has 2 amide bonds. The maximum Gasteiger partial charge on any atom is 0.264 e. The van der Waals surface area contributed by atoms with Gasteiger partial charge in [0.05, 0.1) is 23.2 Å². The zero-order valence-electron chi connectivity index (χ0n) is 21.2. The van der Waals surface area contributed by atoms with E-state index in [1.807, 2.05) is 6.92 Å². The van der Waals surface area contributed by atoms with Crippen molar-refractivity contribution in [2.75, 3.05) is 22.4 Å². The Morgan fingerprint density at radius 1 is 1.08 bits per heavy atom. The Morgan fingerprint density at radius 2 is 1.76 bits per heavy atom. The Kier molecular flexibility index (Phi) is 8.40. The first kappa shape index (κ1) is 27.6. The molecule has 0 bridgehead atoms. The molecule has 8 nitrogen and oxygen atoms in total. The molecule has 1 saturated heterocycles. The molecule has 1 unspecified atom stereocenters. The molecule has 1 aliphatic rings. The number of benzene rings is 3. The van der Waals surface area contributed by atoms with E-state index < -0.39 is 22.5 Å². The fourth-order valence-electron chi connectivity index (χ4n) is 4.44. The van der Waals surface area contributed by atoms with Gasteiger partial charge in [0, 0.05) is 23.7 Å². The second kappa shape index (κ2) is 11.6. The maximum atomic E-state index is 13.6. The van der Waals surface area contributed by atoms with Gasteiger partial charge in [-0.2, -0.15) is 0 Å². The summed E-state index contributed by atoms with van der Waals surface area (Å²) in [5, 5.41) is 12.7. The summed E-state index contributed by atoms with van der Waals surface area (Å²) in [4.78, 5) is 26.9. The van der Waals surface area contributed by atoms with Gasteiger partial charge in [0.1, 0.15) is 6.54 Å². The Balaban J connectivity index is 1.51. The molecule has 10 heteroatoms. The number of aryl methyl sites for hydroxylation is 1. The van der Waals surface area contributed by atoms with Gasteiger partial charge in [0.25, 0.3) is 10.0 Å². The number of halogens is 1. The number of nitrogens with one attached hydrogen (secondary N) is 1. The SMILES string of the molecule is Cc1ccc(S(=O)(=O)N(CC(=O)NCc2ccc(N3C(=O)CCC3CO)cc2)c2cccc(Cl)c2C)cc1. The average Bonchev–Trinajstić information content (AvgIpc) is 3.28. The van der Waals surface area contributed by atoms with Crippen molar-refractivity contribution in [3.05, 3.63) is 88.4 Å². The van der Waals surface area contributed by atoms with Gasteiger partial charge in [-0.25, -0.2) is 8.42 Å². The summed E-state index contributed by atoms with van der Waals surface area (Å²) in [6.45, 7) is 3.21. The van der Waals surface area contributed by atoms with E-state index in [1.54, 1.807) is 66.4 Å². The lowest BCUT2D eigenvalue weighted by molar-refractivity contribution is -0.120. The summed E-state index contributed by atoms with van der Waals surface area (Å²) in [7, 11) is -4.06. The average molecular weight is 556 g/mol. The quantitative estimate of drug-likeness (QED) is 0.416. The number of nitrogens with zero attached hydrogens (tertiary/aromatic N) is 2. The molecule has 0 saturated carbocycles. The molecule has 0 radical (unpaired) electrons. The van der Waals surface area contributed by atoms with Crippen molar-refractivity contribution >= 4 is 44.8 Å². The largest absolute Gasteiger partial charge is 0.394 e. The molecule has 1 heterocycles. The van der Waals surface area contributed by atoms with Gasteiger partial charge in [0.15, 0.2) is 0 Å². The van der Waals surface area contributed by atoms with Gasteiger partial charge >= 0.3 is 0 Å². The molecule has 38 heavy (non-hydrogen) atoms. The van der Waals surface area contributed by atoms with Crippen molar-refractivity contribution in [3.63, 3.8) is 0 Å². The van der Waals surface area contributed by atoms with Gasteiger partial charge < -0.3 is 15.3 Å². The van der Waals surface area contributed by atoms with Crippen molar-refractivity contribution in [2.24, 2.45) is 0 Å². The van der Waals surface area contributed by atoms with Crippen LogP contribution in [0.2, 0.25) is 5.02 Å². The van der Waals surface area contributed by atoms with Crippen LogP contribution in [0.25, 0.3) is 0 Å². The predicted octanol–water partition coefficient (Wildman–Crippen LogP) is 3.96. The van der Waals surface area contributed by atoms with E-state index in [0.29, 0.717) is 34.8 Å². The van der Waals surface area contributed by atoms with Crippen molar-refractivity contribution in [2.45, 2.75) is 44.2 Å². The second-order valence-electron chi connectivity index (χ2n) is 9.29. The van der Waals surface area contributed by atoms with Crippen LogP contribution in [0.1, 0.15) is 29.5 Å². The highest BCUT2D eigenvalue weighted by atomic mass is 35.5. The van der Waals surface area contributed by atoms with Gasteiger partial charge in [0.2, 0.25) is 11.8 Å². The number of anilines is 2. The standard InChI is InChI=1S/C28H30ClN3O5S/c1-19-6-13-24(14-7-19)38(36,37)31(26-5-3-4-25(29)20(26)2)17-27(34)30-16-21-8-10-22(11-9-21)32-23(18-33)12-15-28(32)35/h3-11,13-14,23,33H,12,15-18H2,1-2H3,(H,30,34). The first-order valence-corrected chi connectivity index (χ1v) is 14.1. The molecular weight excluding hydrogens is 526 g/mol. The smallest absolute Gasteiger partial charge is 0.264 e. The number of carbonyl (C=O) groups is 2. The van der Waals surface area contributed by atoms with Gasteiger partial charge in [-0.05, 0) is 67.8 Å². The molecule has 3 aromatic rings. The topological polar surface area (TPSA) is 107 Å². The number of amides is 2. The van der Waals surface area contributed by atoms with Crippen LogP contribution in [0.15, 0.2) is 71.6 Å². The first-order valence-electron chi connectivity index (χ1n) is 12.2. The molecule has 3 aromatic carbocycles. The second-order valence-corrected chi connectivity index (χ2v) is 11.6. The minimum Gasteiger partial charge on any atom is -0.394 e. The molecule has 1 atom stereocenters. The van der Waals surface area contributed by atoms with Crippen LogP contribution in [-0.4, -0.2) is 44.5 Å². The van der Waals surface area contributed by atoms with E-state index in [1.165, 1.54) is 12.1 Å². The number of sulfonamides is 1. The zero-order valence-corrected chi connectivity index (χ0v) is 22.8. The summed E-state index contributed by atoms with van der Waals surface area (Å²) in [5.41, 5.74) is 3.26. The number of carbonyl (C=O) groups excluding carboxylic acids is 2. The van der Waals surface area contributed by atoms with Crippen molar-refractivity contribution < 1.29 is 23.1 Å². The van der Waals surface area contributed by atoms with Gasteiger partial charge in [-0.3, -0.25) is 13.9 Å². The van der Waals surface area contributed by atoms with Crippen molar-refractivity contribution in [1.82, 2.24) is 5.32 Å². The normalized spacial score (nSPS) is 15.5. The molecule has 0 spiro atoms. The summed E-state index contributed by atoms with van der Waals surface area (Å²) in [6, 6.07) is 18.3. The third kappa shape index (κ3) is 5.85. The summed E-state index contributed by atoms with van der Waals surface area (Å²) in [5.74, 6) is -0.518. The molecule has 0 aliphatic carbocycles. The Hall–Kier alpha value is -3.40. The highest BCUT2D eigenvalue weighted by Crippen LogP contribution is 2.31. The van der Waals surface area contributed by atoms with E-state index in [-0.39, 0.29) is 30.0 Å². The summed E-state index contributed by atoms with van der Waals surface area (Å²) in [6.07, 6.45) is 1.01. The van der Waals surface area contributed by atoms with Crippen LogP contribution in [0.4, 0.5) is 11.4 Å². The van der Waals surface area contributed by atoms with Gasteiger partial charge in [-0.15, -0.1) is 0 Å². The first-order chi connectivity index (χ1) is 18.1. The van der Waals surface area contributed by atoms with E-state index in [4.69, 9.17) is 11.6 Å². The molecule has 2 N–H and O–H groups in total. The fraction of sp³-hybridized carbons (Fsp3) is 0.286. The molecule has 200 valence electrons. The van der Waals surface area contributed by atoms with Crippen molar-refractivity contribution in [1.29, 1.82) is 0 Å². The van der Waals surface area contributed by atoms with E-state index in [2.05, 4.69) is 5.32 Å². The number of hydrogen-bond acceptors (Lipinski definition) is 5. The van der Waals surface area contributed by atoms with E-state index in [9.17, 15) is 23.1 Å². The molecule has 1 aliphatic heterocycles. The fourth-order valence-corrected chi connectivity index (χ4v) is 6.08. The Morgan fingerprint density at radius 3 is 2.42 bits per heavy atom. The summed E-state index contributed by atoms with van der Waals surface area (Å²) < 4.78 is 28.3. The number of aliphatic hydroxyl groups excluding tert-OH is 1. The molecule has 4 rings (SSSR count). The van der Waals surface area contributed by atoms with E-state index in [0.717, 1.165) is 15.4 Å². The lowest BCUT2D eigenvalue weighted by Gasteiger charge is -2.26. The van der Waals surface area contributed by atoms with Crippen LogP contribution in [0.3, 0.4) is 0 Å². The minimum absolute atomic E-state index is 0.0312. The number of hydrogen-bond donors (Lipinski definition) is 2. The van der Waals surface area contributed by atoms with Gasteiger partial charge in [-0.1, -0.05) is 47.5 Å². The van der Waals surface area contributed by atoms with Crippen LogP contribution >= 0.6 is 11.6 Å². The number of rotatable bonds is 9. The molecule has 1 fully saturated rings. The lowest BCUT2D eigenvalue weighted by Crippen LogP contribution is -2.41. The number of aliphatic hydroxyl groups is 1. The van der Waals surface area contributed by atoms with Crippen LogP contribution in [0.5, 0.6) is 0 Å². The summed E-state index contributed by atoms with van der Waals surface area (Å²) >= 11 is 6.28. The van der Waals surface area contributed by atoms with Crippen LogP contribution < -0.4 is 14.5 Å². The van der Waals surface area contributed by atoms with Crippen LogP contribution in [-0.2, 0) is 26.2 Å². The minimum atomic E-state index is -4.06. The third-order valence-corrected chi connectivity index (χ3v) is 8.83. The van der Waals surface area contributed by atoms with E-state index >= 15 is 0 Å². The third-order valence-electron chi connectivity index (χ3n) is 6.64. The Bertz CT molecular complexity index is 1430.